The Bertz CT molecular complexity index is 346. The maximum Gasteiger partial charge on any atom is 0.326 e. The van der Waals surface area contributed by atoms with Crippen LogP contribution in [0.2, 0.25) is 0 Å². The van der Waals surface area contributed by atoms with Gasteiger partial charge in [0.2, 0.25) is 0 Å². The number of rotatable bonds is 12. The molecule has 0 heterocycles. The molecule has 120 valence electrons. The maximum atomic E-state index is 12.0. The normalized spacial score (nSPS) is 11.8. The van der Waals surface area contributed by atoms with Crippen LogP contribution in [-0.4, -0.2) is 31.8 Å². The van der Waals surface area contributed by atoms with E-state index in [-0.39, 0.29) is 0 Å². The van der Waals surface area contributed by atoms with E-state index in [2.05, 4.69) is 13.8 Å². The van der Waals surface area contributed by atoms with Gasteiger partial charge < -0.3 is 5.73 Å². The van der Waals surface area contributed by atoms with Gasteiger partial charge in [0.05, 0.1) is 0 Å². The minimum absolute atomic E-state index is 0.439. The molecule has 0 saturated heterocycles. The van der Waals surface area contributed by atoms with Gasteiger partial charge in [0.1, 0.15) is 0 Å². The minimum atomic E-state index is -3.79. The van der Waals surface area contributed by atoms with E-state index >= 15 is 0 Å². The van der Waals surface area contributed by atoms with Crippen molar-refractivity contribution < 1.29 is 13.2 Å². The highest BCUT2D eigenvalue weighted by atomic mass is 32.2. The lowest BCUT2D eigenvalue weighted by Gasteiger charge is -2.21. The molecule has 2 amide bonds. The smallest absolute Gasteiger partial charge is 0.326 e. The van der Waals surface area contributed by atoms with Crippen LogP contribution >= 0.6 is 0 Å². The Kier molecular flexibility index (Phi) is 10.5. The van der Waals surface area contributed by atoms with Crippen molar-refractivity contribution in [3.63, 3.8) is 0 Å². The molecular weight excluding hydrogens is 278 g/mol. The van der Waals surface area contributed by atoms with Crippen molar-refractivity contribution in [1.82, 2.24) is 9.03 Å². The Morgan fingerprint density at radius 1 is 0.950 bits per heavy atom. The molecular formula is C13H29N3O3S. The van der Waals surface area contributed by atoms with Crippen LogP contribution in [0, 0.1) is 0 Å². The van der Waals surface area contributed by atoms with Crippen LogP contribution in [0.4, 0.5) is 4.79 Å². The third-order valence-corrected chi connectivity index (χ3v) is 4.60. The van der Waals surface area contributed by atoms with E-state index in [1.807, 2.05) is 4.72 Å². The molecule has 0 radical (unpaired) electrons. The zero-order valence-electron chi connectivity index (χ0n) is 12.7. The number of carbonyl (C=O) groups excluding carboxylic acids is 1. The first-order valence-corrected chi connectivity index (χ1v) is 8.95. The van der Waals surface area contributed by atoms with Crippen LogP contribution < -0.4 is 10.5 Å². The van der Waals surface area contributed by atoms with E-state index < -0.39 is 16.2 Å². The van der Waals surface area contributed by atoms with E-state index in [9.17, 15) is 13.2 Å². The van der Waals surface area contributed by atoms with Crippen molar-refractivity contribution in [2.45, 2.75) is 65.2 Å². The van der Waals surface area contributed by atoms with E-state index in [0.717, 1.165) is 51.4 Å². The molecule has 7 heteroatoms. The third-order valence-electron chi connectivity index (χ3n) is 3.09. The topological polar surface area (TPSA) is 92.5 Å². The van der Waals surface area contributed by atoms with E-state index in [4.69, 9.17) is 5.73 Å². The number of nitrogens with zero attached hydrogens (tertiary/aromatic N) is 1. The summed E-state index contributed by atoms with van der Waals surface area (Å²) in [7, 11) is -3.79. The highest BCUT2D eigenvalue weighted by Crippen LogP contribution is 2.08. The van der Waals surface area contributed by atoms with Crippen molar-refractivity contribution >= 4 is 16.2 Å². The zero-order valence-corrected chi connectivity index (χ0v) is 13.5. The zero-order chi connectivity index (χ0) is 15.4. The predicted octanol–water partition coefficient (Wildman–Crippen LogP) is 2.36. The van der Waals surface area contributed by atoms with Crippen LogP contribution in [0.1, 0.15) is 65.2 Å². The van der Waals surface area contributed by atoms with Crippen molar-refractivity contribution in [3.05, 3.63) is 0 Å². The molecule has 0 atom stereocenters. The second kappa shape index (κ2) is 10.9. The van der Waals surface area contributed by atoms with Crippen molar-refractivity contribution in [2.24, 2.45) is 5.73 Å². The minimum Gasteiger partial charge on any atom is -0.351 e. The highest BCUT2D eigenvalue weighted by molar-refractivity contribution is 7.87. The van der Waals surface area contributed by atoms with Gasteiger partial charge in [-0.15, -0.1) is 0 Å². The number of hydrogen-bond donors (Lipinski definition) is 2. The van der Waals surface area contributed by atoms with Gasteiger partial charge in [-0.1, -0.05) is 52.4 Å². The van der Waals surface area contributed by atoms with Crippen molar-refractivity contribution in [3.8, 4) is 0 Å². The summed E-state index contributed by atoms with van der Waals surface area (Å²) in [6.45, 7) is 5.09. The molecule has 0 aromatic heterocycles. The number of hydrogen-bond acceptors (Lipinski definition) is 3. The molecule has 6 nitrogen and oxygen atoms in total. The first kappa shape index (κ1) is 19.2. The number of unbranched alkanes of at least 4 members (excludes halogenated alkanes) is 6. The van der Waals surface area contributed by atoms with Gasteiger partial charge in [-0.3, -0.25) is 0 Å². The Labute approximate surface area is 123 Å². The summed E-state index contributed by atoms with van der Waals surface area (Å²) >= 11 is 0. The van der Waals surface area contributed by atoms with E-state index in [1.54, 1.807) is 0 Å². The Hall–Kier alpha value is -0.820. The van der Waals surface area contributed by atoms with Crippen LogP contribution in [0.5, 0.6) is 0 Å². The quantitative estimate of drug-likeness (QED) is 0.542. The number of primary amides is 1. The molecule has 0 aliphatic heterocycles. The summed E-state index contributed by atoms with van der Waals surface area (Å²) in [6.07, 6.45) is 7.98. The number of carbonyl (C=O) groups is 1. The van der Waals surface area contributed by atoms with Crippen LogP contribution in [0.15, 0.2) is 0 Å². The maximum absolute atomic E-state index is 12.0. The molecule has 0 fully saturated rings. The van der Waals surface area contributed by atoms with Crippen LogP contribution in [0.25, 0.3) is 0 Å². The van der Waals surface area contributed by atoms with Gasteiger partial charge in [-0.05, 0) is 12.8 Å². The summed E-state index contributed by atoms with van der Waals surface area (Å²) in [5.41, 5.74) is 4.91. The highest BCUT2D eigenvalue weighted by Gasteiger charge is 2.22. The van der Waals surface area contributed by atoms with Gasteiger partial charge in [0.15, 0.2) is 0 Å². The van der Waals surface area contributed by atoms with Gasteiger partial charge in [0.25, 0.3) is 0 Å². The predicted molar refractivity (Wildman–Crippen MR) is 81.5 cm³/mol. The third kappa shape index (κ3) is 9.14. The first-order valence-electron chi connectivity index (χ1n) is 7.51. The average Bonchev–Trinajstić information content (AvgIpc) is 2.35. The second-order valence-electron chi connectivity index (χ2n) is 4.99. The molecule has 3 N–H and O–H groups in total. The molecule has 0 bridgehead atoms. The molecule has 0 aliphatic carbocycles. The van der Waals surface area contributed by atoms with Crippen LogP contribution in [-0.2, 0) is 10.2 Å². The fourth-order valence-electron chi connectivity index (χ4n) is 1.97. The van der Waals surface area contributed by atoms with Gasteiger partial charge in [-0.2, -0.15) is 12.7 Å². The molecule has 0 aromatic carbocycles. The molecule has 20 heavy (non-hydrogen) atoms. The molecule has 0 rings (SSSR count). The summed E-state index contributed by atoms with van der Waals surface area (Å²) in [6, 6.07) is -1.03. The molecule has 0 unspecified atom stereocenters. The summed E-state index contributed by atoms with van der Waals surface area (Å²) in [4.78, 5) is 10.8. The molecule has 0 aliphatic rings. The van der Waals surface area contributed by atoms with E-state index in [0.29, 0.717) is 13.1 Å². The average molecular weight is 307 g/mol. The second-order valence-corrected chi connectivity index (χ2v) is 6.66. The summed E-state index contributed by atoms with van der Waals surface area (Å²) < 4.78 is 27.1. The SMILES string of the molecule is CCCCCCN(CCCCCC)S(=O)(=O)NC(N)=O. The van der Waals surface area contributed by atoms with Gasteiger partial charge in [0, 0.05) is 13.1 Å². The number of nitrogens with two attached hydrogens (primary N) is 1. The van der Waals surface area contributed by atoms with Gasteiger partial charge >= 0.3 is 16.2 Å². The number of urea groups is 1. The molecule has 0 spiro atoms. The first-order chi connectivity index (χ1) is 9.44. The fraction of sp³-hybridized carbons (Fsp3) is 0.923. The summed E-state index contributed by atoms with van der Waals surface area (Å²) in [5.74, 6) is 0. The van der Waals surface area contributed by atoms with Crippen molar-refractivity contribution in [2.75, 3.05) is 13.1 Å². The van der Waals surface area contributed by atoms with Crippen LogP contribution in [0.3, 0.4) is 0 Å². The Morgan fingerprint density at radius 2 is 1.40 bits per heavy atom. The molecule has 0 saturated carbocycles. The van der Waals surface area contributed by atoms with Crippen molar-refractivity contribution in [1.29, 1.82) is 0 Å². The lowest BCUT2D eigenvalue weighted by molar-refractivity contribution is 0.252. The van der Waals surface area contributed by atoms with Gasteiger partial charge in [-0.25, -0.2) is 9.52 Å². The number of nitrogens with one attached hydrogen (secondary N) is 1. The number of amides is 2. The lowest BCUT2D eigenvalue weighted by atomic mass is 10.2. The monoisotopic (exact) mass is 307 g/mol. The Balaban J connectivity index is 4.40. The molecule has 0 aromatic rings. The van der Waals surface area contributed by atoms with E-state index in [1.165, 1.54) is 4.31 Å². The standard InChI is InChI=1S/C13H29N3O3S/c1-3-5-7-9-11-16(12-10-8-6-4-2)20(18,19)15-13(14)17/h3-12H2,1-2H3,(H3,14,15,17). The lowest BCUT2D eigenvalue weighted by Crippen LogP contribution is -2.46. The fourth-order valence-corrected chi connectivity index (χ4v) is 3.10. The largest absolute Gasteiger partial charge is 0.351 e. The Morgan fingerprint density at radius 3 is 1.75 bits per heavy atom. The summed E-state index contributed by atoms with van der Waals surface area (Å²) in [5, 5.41) is 0.